The number of amides is 1. The van der Waals surface area contributed by atoms with E-state index in [0.29, 0.717) is 29.4 Å². The molecule has 0 unspecified atom stereocenters. The summed E-state index contributed by atoms with van der Waals surface area (Å²) in [6, 6.07) is 16.3. The molecule has 3 rings (SSSR count). The summed E-state index contributed by atoms with van der Waals surface area (Å²) in [5, 5.41) is 5.90. The van der Waals surface area contributed by atoms with Gasteiger partial charge in [-0.3, -0.25) is 4.79 Å². The van der Waals surface area contributed by atoms with E-state index in [-0.39, 0.29) is 5.69 Å². The van der Waals surface area contributed by atoms with Gasteiger partial charge in [-0.2, -0.15) is 0 Å². The van der Waals surface area contributed by atoms with Crippen LogP contribution in [0, 0.1) is 13.8 Å². The Labute approximate surface area is 169 Å². The fourth-order valence-corrected chi connectivity index (χ4v) is 2.69. The molecule has 0 atom stereocenters. The Morgan fingerprint density at radius 2 is 1.76 bits per heavy atom. The van der Waals surface area contributed by atoms with Gasteiger partial charge < -0.3 is 15.4 Å². The van der Waals surface area contributed by atoms with Crippen molar-refractivity contribution in [2.24, 2.45) is 0 Å². The molecule has 1 amide bonds. The zero-order valence-electron chi connectivity index (χ0n) is 16.5. The molecule has 2 aromatic carbocycles. The van der Waals surface area contributed by atoms with Crippen molar-refractivity contribution in [2.75, 3.05) is 17.7 Å². The second kappa shape index (κ2) is 8.97. The summed E-state index contributed by atoms with van der Waals surface area (Å²) in [5.74, 6) is -0.489. The molecule has 0 saturated heterocycles. The largest absolute Gasteiger partial charge is 0.465 e. The third kappa shape index (κ3) is 5.38. The number of rotatable bonds is 6. The predicted molar refractivity (Wildman–Crippen MR) is 111 cm³/mol. The van der Waals surface area contributed by atoms with Crippen molar-refractivity contribution in [1.29, 1.82) is 0 Å². The number of esters is 1. The van der Waals surface area contributed by atoms with Crippen LogP contribution in [0.5, 0.6) is 0 Å². The lowest BCUT2D eigenvalue weighted by Crippen LogP contribution is -2.16. The summed E-state index contributed by atoms with van der Waals surface area (Å²) >= 11 is 0. The fraction of sp³-hybridized carbons (Fsp3) is 0.182. The molecular formula is C22H22N4O3. The van der Waals surface area contributed by atoms with E-state index in [1.165, 1.54) is 12.7 Å². The van der Waals surface area contributed by atoms with Gasteiger partial charge in [-0.25, -0.2) is 14.8 Å². The lowest BCUT2D eigenvalue weighted by Gasteiger charge is -2.10. The number of methoxy groups -OCH3 is 1. The highest BCUT2D eigenvalue weighted by Gasteiger charge is 2.13. The molecule has 0 spiro atoms. The number of carbonyl (C=O) groups excluding carboxylic acids is 2. The van der Waals surface area contributed by atoms with Crippen molar-refractivity contribution in [3.05, 3.63) is 82.7 Å². The summed E-state index contributed by atoms with van der Waals surface area (Å²) in [7, 11) is 1.31. The van der Waals surface area contributed by atoms with E-state index in [9.17, 15) is 9.59 Å². The number of aryl methyl sites for hydroxylation is 2. The number of hydrogen-bond donors (Lipinski definition) is 2. The Morgan fingerprint density at radius 3 is 2.48 bits per heavy atom. The first-order chi connectivity index (χ1) is 13.9. The lowest BCUT2D eigenvalue weighted by atomic mass is 10.1. The van der Waals surface area contributed by atoms with Crippen molar-refractivity contribution >= 4 is 23.5 Å². The average molecular weight is 390 g/mol. The summed E-state index contributed by atoms with van der Waals surface area (Å²) in [6.07, 6.45) is 0. The van der Waals surface area contributed by atoms with Gasteiger partial charge in [0.25, 0.3) is 5.91 Å². The van der Waals surface area contributed by atoms with Gasteiger partial charge in [0.1, 0.15) is 5.69 Å². The molecule has 0 bridgehead atoms. The highest BCUT2D eigenvalue weighted by Crippen LogP contribution is 2.14. The number of aromatic nitrogens is 2. The monoisotopic (exact) mass is 390 g/mol. The van der Waals surface area contributed by atoms with Crippen molar-refractivity contribution in [3.63, 3.8) is 0 Å². The SMILES string of the molecule is COC(=O)c1cccc(NC(=O)c2cc(C)nc(NCc3ccc(C)cc3)n2)c1. The number of ether oxygens (including phenoxy) is 1. The van der Waals surface area contributed by atoms with E-state index >= 15 is 0 Å². The molecule has 148 valence electrons. The second-order valence-corrected chi connectivity index (χ2v) is 6.58. The molecule has 29 heavy (non-hydrogen) atoms. The van der Waals surface area contributed by atoms with Crippen LogP contribution in [0.3, 0.4) is 0 Å². The maximum Gasteiger partial charge on any atom is 0.337 e. The van der Waals surface area contributed by atoms with Gasteiger partial charge in [-0.1, -0.05) is 35.9 Å². The molecule has 0 aliphatic rings. The molecule has 1 heterocycles. The van der Waals surface area contributed by atoms with Crippen molar-refractivity contribution < 1.29 is 14.3 Å². The summed E-state index contributed by atoms with van der Waals surface area (Å²) in [6.45, 7) is 4.38. The van der Waals surface area contributed by atoms with Gasteiger partial charge in [-0.15, -0.1) is 0 Å². The lowest BCUT2D eigenvalue weighted by molar-refractivity contribution is 0.0600. The minimum atomic E-state index is -0.471. The van der Waals surface area contributed by atoms with Crippen LogP contribution in [0.25, 0.3) is 0 Å². The average Bonchev–Trinajstić information content (AvgIpc) is 2.72. The molecule has 0 radical (unpaired) electrons. The Kier molecular flexibility index (Phi) is 6.19. The van der Waals surface area contributed by atoms with Gasteiger partial charge in [0.2, 0.25) is 5.95 Å². The standard InChI is InChI=1S/C22H22N4O3/c1-14-7-9-16(10-8-14)13-23-22-24-15(2)11-19(26-22)20(27)25-18-6-4-5-17(12-18)21(28)29-3/h4-12H,13H2,1-3H3,(H,25,27)(H,23,24,26). The number of hydrogen-bond acceptors (Lipinski definition) is 6. The molecule has 0 saturated carbocycles. The summed E-state index contributed by atoms with van der Waals surface area (Å²) in [4.78, 5) is 32.9. The maximum absolute atomic E-state index is 12.6. The third-order valence-corrected chi connectivity index (χ3v) is 4.20. The van der Waals surface area contributed by atoms with Crippen molar-refractivity contribution in [2.45, 2.75) is 20.4 Å². The Bertz CT molecular complexity index is 1030. The van der Waals surface area contributed by atoms with Crippen LogP contribution in [-0.2, 0) is 11.3 Å². The second-order valence-electron chi connectivity index (χ2n) is 6.58. The van der Waals surface area contributed by atoms with E-state index in [1.54, 1.807) is 37.3 Å². The first kappa shape index (κ1) is 20.0. The molecule has 0 aliphatic heterocycles. The third-order valence-electron chi connectivity index (χ3n) is 4.20. The van der Waals surface area contributed by atoms with Gasteiger partial charge >= 0.3 is 5.97 Å². The zero-order valence-corrected chi connectivity index (χ0v) is 16.5. The number of anilines is 2. The topological polar surface area (TPSA) is 93.2 Å². The maximum atomic E-state index is 12.6. The predicted octanol–water partition coefficient (Wildman–Crippen LogP) is 3.74. The highest BCUT2D eigenvalue weighted by molar-refractivity contribution is 6.03. The quantitative estimate of drug-likeness (QED) is 0.623. The smallest absolute Gasteiger partial charge is 0.337 e. The number of benzene rings is 2. The summed E-state index contributed by atoms with van der Waals surface area (Å²) in [5.41, 5.74) is 4.00. The Morgan fingerprint density at radius 1 is 1.00 bits per heavy atom. The van der Waals surface area contributed by atoms with Crippen LogP contribution in [0.1, 0.15) is 37.7 Å². The van der Waals surface area contributed by atoms with E-state index in [0.717, 1.165) is 5.56 Å². The molecule has 0 aliphatic carbocycles. The summed E-state index contributed by atoms with van der Waals surface area (Å²) < 4.78 is 4.70. The van der Waals surface area contributed by atoms with E-state index in [4.69, 9.17) is 4.74 Å². The Hall–Kier alpha value is -3.74. The molecule has 1 aromatic heterocycles. The fourth-order valence-electron chi connectivity index (χ4n) is 2.69. The first-order valence-electron chi connectivity index (χ1n) is 9.09. The molecule has 7 heteroatoms. The molecule has 7 nitrogen and oxygen atoms in total. The molecule has 3 aromatic rings. The minimum Gasteiger partial charge on any atom is -0.465 e. The van der Waals surface area contributed by atoms with Crippen LogP contribution in [0.15, 0.2) is 54.6 Å². The Balaban J connectivity index is 1.72. The van der Waals surface area contributed by atoms with Crippen LogP contribution in [0.2, 0.25) is 0 Å². The van der Waals surface area contributed by atoms with Crippen LogP contribution < -0.4 is 10.6 Å². The van der Waals surface area contributed by atoms with Crippen molar-refractivity contribution in [1.82, 2.24) is 9.97 Å². The molecule has 2 N–H and O–H groups in total. The van der Waals surface area contributed by atoms with Crippen LogP contribution >= 0.6 is 0 Å². The minimum absolute atomic E-state index is 0.229. The zero-order chi connectivity index (χ0) is 20.8. The van der Waals surface area contributed by atoms with E-state index < -0.39 is 11.9 Å². The van der Waals surface area contributed by atoms with Gasteiger partial charge in [0.05, 0.1) is 12.7 Å². The molecule has 0 fully saturated rings. The van der Waals surface area contributed by atoms with Gasteiger partial charge in [0.15, 0.2) is 0 Å². The normalized spacial score (nSPS) is 10.3. The number of nitrogens with one attached hydrogen (secondary N) is 2. The molecular weight excluding hydrogens is 368 g/mol. The number of carbonyl (C=O) groups is 2. The van der Waals surface area contributed by atoms with Gasteiger partial charge in [0, 0.05) is 17.9 Å². The van der Waals surface area contributed by atoms with Gasteiger partial charge in [-0.05, 0) is 43.7 Å². The van der Waals surface area contributed by atoms with Crippen molar-refractivity contribution in [3.8, 4) is 0 Å². The number of nitrogens with zero attached hydrogens (tertiary/aromatic N) is 2. The van der Waals surface area contributed by atoms with Crippen LogP contribution in [0.4, 0.5) is 11.6 Å². The van der Waals surface area contributed by atoms with E-state index in [2.05, 4.69) is 20.6 Å². The first-order valence-corrected chi connectivity index (χ1v) is 9.09. The van der Waals surface area contributed by atoms with Crippen LogP contribution in [-0.4, -0.2) is 29.0 Å². The highest BCUT2D eigenvalue weighted by atomic mass is 16.5. The van der Waals surface area contributed by atoms with E-state index in [1.807, 2.05) is 31.2 Å².